The van der Waals surface area contributed by atoms with Crippen molar-refractivity contribution in [1.29, 1.82) is 0 Å². The number of nitrogens with zero attached hydrogens (tertiary/aromatic N) is 2. The highest BCUT2D eigenvalue weighted by Crippen LogP contribution is 2.26. The summed E-state index contributed by atoms with van der Waals surface area (Å²) < 4.78 is 7.30. The van der Waals surface area contributed by atoms with Crippen LogP contribution in [0.4, 0.5) is 4.79 Å². The normalized spacial score (nSPS) is 15.3. The highest BCUT2D eigenvalue weighted by atomic mass is 16.5. The van der Waals surface area contributed by atoms with Gasteiger partial charge in [-0.3, -0.25) is 14.5 Å². The lowest BCUT2D eigenvalue weighted by molar-refractivity contribution is -0.131. The van der Waals surface area contributed by atoms with E-state index < -0.39 is 11.6 Å². The number of rotatable bonds is 9. The standard InChI is InChI=1S/C24H31N3O4/c1-6-24(7-2)22(29)27(23(30)25-24)15-21(28)20-14-16(3)26(17(20)4)13-12-18-8-10-19(31-5)11-9-18/h8-11,14H,6-7,12-13,15H2,1-5H3,(H,25,30). The molecule has 2 aromatic rings. The Morgan fingerprint density at radius 2 is 1.74 bits per heavy atom. The Hall–Kier alpha value is -3.09. The van der Waals surface area contributed by atoms with Crippen LogP contribution in [0.15, 0.2) is 30.3 Å². The molecule has 0 aliphatic carbocycles. The van der Waals surface area contributed by atoms with Crippen LogP contribution in [0.1, 0.15) is 54.0 Å². The van der Waals surface area contributed by atoms with Gasteiger partial charge in [-0.15, -0.1) is 0 Å². The van der Waals surface area contributed by atoms with E-state index in [-0.39, 0.29) is 18.2 Å². The van der Waals surface area contributed by atoms with Crippen LogP contribution in [0.25, 0.3) is 0 Å². The van der Waals surface area contributed by atoms with Crippen LogP contribution in [0.3, 0.4) is 0 Å². The fourth-order valence-corrected chi connectivity index (χ4v) is 4.24. The molecular weight excluding hydrogens is 394 g/mol. The van der Waals surface area contributed by atoms with Gasteiger partial charge in [0.1, 0.15) is 11.3 Å². The van der Waals surface area contributed by atoms with Crippen LogP contribution in [-0.4, -0.2) is 46.4 Å². The molecule has 1 aliphatic heterocycles. The first kappa shape index (κ1) is 22.6. The molecule has 0 spiro atoms. The van der Waals surface area contributed by atoms with Crippen molar-refractivity contribution in [2.75, 3.05) is 13.7 Å². The molecule has 1 aromatic heterocycles. The summed E-state index contributed by atoms with van der Waals surface area (Å²) in [7, 11) is 1.64. The fourth-order valence-electron chi connectivity index (χ4n) is 4.24. The van der Waals surface area contributed by atoms with Gasteiger partial charge in [-0.05, 0) is 56.9 Å². The molecule has 0 radical (unpaired) electrons. The average molecular weight is 426 g/mol. The van der Waals surface area contributed by atoms with Crippen LogP contribution in [0.2, 0.25) is 0 Å². The van der Waals surface area contributed by atoms with Gasteiger partial charge in [0, 0.05) is 23.5 Å². The minimum Gasteiger partial charge on any atom is -0.497 e. The zero-order valence-electron chi connectivity index (χ0n) is 18.9. The summed E-state index contributed by atoms with van der Waals surface area (Å²) >= 11 is 0. The maximum Gasteiger partial charge on any atom is 0.325 e. The molecular formula is C24H31N3O4. The lowest BCUT2D eigenvalue weighted by Crippen LogP contribution is -2.46. The monoisotopic (exact) mass is 425 g/mol. The van der Waals surface area contributed by atoms with E-state index in [1.807, 2.05) is 58.0 Å². The van der Waals surface area contributed by atoms with Crippen LogP contribution in [0, 0.1) is 13.8 Å². The molecule has 0 saturated carbocycles. The first-order valence-electron chi connectivity index (χ1n) is 10.7. The molecule has 0 unspecified atom stereocenters. The number of hydrogen-bond acceptors (Lipinski definition) is 4. The lowest BCUT2D eigenvalue weighted by atomic mass is 9.93. The smallest absolute Gasteiger partial charge is 0.325 e. The Morgan fingerprint density at radius 3 is 2.29 bits per heavy atom. The van der Waals surface area contributed by atoms with Gasteiger partial charge in [-0.25, -0.2) is 4.79 Å². The third kappa shape index (κ3) is 4.22. The lowest BCUT2D eigenvalue weighted by Gasteiger charge is -2.22. The number of hydrogen-bond donors (Lipinski definition) is 1. The maximum atomic E-state index is 13.0. The van der Waals surface area contributed by atoms with Gasteiger partial charge in [0.2, 0.25) is 0 Å². The number of carbonyl (C=O) groups is 3. The first-order chi connectivity index (χ1) is 14.8. The second kappa shape index (κ2) is 8.96. The fraction of sp³-hybridized carbons (Fsp3) is 0.458. The number of carbonyl (C=O) groups excluding carboxylic acids is 3. The predicted octanol–water partition coefficient (Wildman–Crippen LogP) is 3.65. The summed E-state index contributed by atoms with van der Waals surface area (Å²) in [4.78, 5) is 39.2. The molecule has 1 N–H and O–H groups in total. The summed E-state index contributed by atoms with van der Waals surface area (Å²) in [5.74, 6) is 0.278. The summed E-state index contributed by atoms with van der Waals surface area (Å²) in [5.41, 5.74) is 2.66. The topological polar surface area (TPSA) is 80.6 Å². The number of ketones is 1. The molecule has 0 bridgehead atoms. The molecule has 1 aromatic carbocycles. The second-order valence-corrected chi connectivity index (χ2v) is 8.07. The number of imide groups is 1. The Bertz CT molecular complexity index is 987. The number of urea groups is 1. The molecule has 31 heavy (non-hydrogen) atoms. The minimum absolute atomic E-state index is 0.227. The van der Waals surface area contributed by atoms with E-state index in [1.54, 1.807) is 7.11 Å². The summed E-state index contributed by atoms with van der Waals surface area (Å²) in [6.07, 6.45) is 1.81. The molecule has 1 aliphatic rings. The molecule has 1 saturated heterocycles. The van der Waals surface area contributed by atoms with Crippen LogP contribution in [-0.2, 0) is 17.8 Å². The number of methoxy groups -OCH3 is 1. The minimum atomic E-state index is -0.896. The summed E-state index contributed by atoms with van der Waals surface area (Å²) in [5, 5.41) is 2.77. The van der Waals surface area contributed by atoms with Gasteiger partial charge in [0.25, 0.3) is 5.91 Å². The van der Waals surface area contributed by atoms with E-state index in [2.05, 4.69) is 9.88 Å². The van der Waals surface area contributed by atoms with Crippen molar-refractivity contribution in [2.24, 2.45) is 0 Å². The van der Waals surface area contributed by atoms with Gasteiger partial charge in [-0.1, -0.05) is 26.0 Å². The molecule has 7 nitrogen and oxygen atoms in total. The quantitative estimate of drug-likeness (QED) is 0.491. The number of ether oxygens (including phenoxy) is 1. The third-order valence-corrected chi connectivity index (χ3v) is 6.41. The van der Waals surface area contributed by atoms with E-state index in [0.717, 1.165) is 35.0 Å². The van der Waals surface area contributed by atoms with Crippen LogP contribution >= 0.6 is 0 Å². The van der Waals surface area contributed by atoms with Crippen molar-refractivity contribution in [3.63, 3.8) is 0 Å². The Morgan fingerprint density at radius 1 is 1.10 bits per heavy atom. The number of aromatic nitrogens is 1. The van der Waals surface area contributed by atoms with E-state index in [4.69, 9.17) is 4.74 Å². The number of nitrogens with one attached hydrogen (secondary N) is 1. The summed E-state index contributed by atoms with van der Waals surface area (Å²) in [6.45, 7) is 8.09. The highest BCUT2D eigenvalue weighted by molar-refractivity contribution is 6.11. The van der Waals surface area contributed by atoms with E-state index in [9.17, 15) is 14.4 Å². The number of benzene rings is 1. The van der Waals surface area contributed by atoms with E-state index >= 15 is 0 Å². The van der Waals surface area contributed by atoms with Gasteiger partial charge < -0.3 is 14.6 Å². The third-order valence-electron chi connectivity index (χ3n) is 6.41. The van der Waals surface area contributed by atoms with Crippen molar-refractivity contribution < 1.29 is 19.1 Å². The molecule has 1 fully saturated rings. The highest BCUT2D eigenvalue weighted by Gasteiger charge is 2.49. The van der Waals surface area contributed by atoms with Crippen molar-refractivity contribution in [1.82, 2.24) is 14.8 Å². The molecule has 0 atom stereocenters. The van der Waals surface area contributed by atoms with Crippen molar-refractivity contribution in [2.45, 2.75) is 59.0 Å². The molecule has 3 rings (SSSR count). The SMILES string of the molecule is CCC1(CC)NC(=O)N(CC(=O)c2cc(C)n(CCc3ccc(OC)cc3)c2C)C1=O. The van der Waals surface area contributed by atoms with Crippen molar-refractivity contribution >= 4 is 17.7 Å². The van der Waals surface area contributed by atoms with Crippen LogP contribution in [0.5, 0.6) is 5.75 Å². The van der Waals surface area contributed by atoms with E-state index in [0.29, 0.717) is 18.4 Å². The largest absolute Gasteiger partial charge is 0.497 e. The van der Waals surface area contributed by atoms with Gasteiger partial charge in [-0.2, -0.15) is 0 Å². The molecule has 7 heteroatoms. The molecule has 166 valence electrons. The van der Waals surface area contributed by atoms with Crippen molar-refractivity contribution in [3.8, 4) is 5.75 Å². The van der Waals surface area contributed by atoms with Crippen LogP contribution < -0.4 is 10.1 Å². The molecule has 2 heterocycles. The first-order valence-corrected chi connectivity index (χ1v) is 10.7. The second-order valence-electron chi connectivity index (χ2n) is 8.07. The Kier molecular flexibility index (Phi) is 6.53. The van der Waals surface area contributed by atoms with Gasteiger partial charge >= 0.3 is 6.03 Å². The van der Waals surface area contributed by atoms with E-state index in [1.165, 1.54) is 5.56 Å². The zero-order chi connectivity index (χ0) is 22.8. The van der Waals surface area contributed by atoms with Gasteiger partial charge in [0.15, 0.2) is 5.78 Å². The molecule has 3 amide bonds. The zero-order valence-corrected chi connectivity index (χ0v) is 18.9. The average Bonchev–Trinajstić information content (AvgIpc) is 3.19. The van der Waals surface area contributed by atoms with Gasteiger partial charge in [0.05, 0.1) is 13.7 Å². The predicted molar refractivity (Wildman–Crippen MR) is 118 cm³/mol. The van der Waals surface area contributed by atoms with Crippen molar-refractivity contribution in [3.05, 3.63) is 52.8 Å². The Labute approximate surface area is 183 Å². The summed E-state index contributed by atoms with van der Waals surface area (Å²) in [6, 6.07) is 9.29. The number of amides is 3. The Balaban J connectivity index is 1.72. The maximum absolute atomic E-state index is 13.0. The number of aryl methyl sites for hydroxylation is 2. The number of Topliss-reactive ketones (excluding diaryl/α,β-unsaturated/α-hetero) is 1.